The van der Waals surface area contributed by atoms with Crippen LogP contribution in [0.25, 0.3) is 0 Å². The van der Waals surface area contributed by atoms with Crippen LogP contribution in [0, 0.1) is 5.92 Å². The minimum Gasteiger partial charge on any atom is -0.480 e. The van der Waals surface area contributed by atoms with Crippen LogP contribution in [0.4, 0.5) is 0 Å². The van der Waals surface area contributed by atoms with E-state index in [1.54, 1.807) is 0 Å². The molecule has 0 aliphatic heterocycles. The van der Waals surface area contributed by atoms with Crippen LogP contribution in [0.3, 0.4) is 0 Å². The van der Waals surface area contributed by atoms with Gasteiger partial charge in [-0.05, 0) is 19.3 Å². The number of amides is 3. The second-order valence-corrected chi connectivity index (χ2v) is 8.25. The second-order valence-electron chi connectivity index (χ2n) is 7.88. The zero-order valence-electron chi connectivity index (χ0n) is 18.2. The van der Waals surface area contributed by atoms with Crippen LogP contribution in [0.15, 0.2) is 12.5 Å². The Morgan fingerprint density at radius 2 is 1.62 bits per heavy atom. The van der Waals surface area contributed by atoms with Crippen LogP contribution in [0.2, 0.25) is 0 Å². The van der Waals surface area contributed by atoms with E-state index in [1.165, 1.54) is 19.4 Å². The number of H-pyrrole nitrogens is 1. The van der Waals surface area contributed by atoms with Gasteiger partial charge in [-0.1, -0.05) is 13.8 Å². The lowest BCUT2D eigenvalue weighted by molar-refractivity contribution is -0.142. The molecular formula is C19H32N6O6S. The summed E-state index contributed by atoms with van der Waals surface area (Å²) in [5, 5.41) is 26.3. The molecule has 8 N–H and O–H groups in total. The van der Waals surface area contributed by atoms with Gasteiger partial charge < -0.3 is 36.9 Å². The maximum absolute atomic E-state index is 12.8. The number of aliphatic hydroxyl groups excluding tert-OH is 1. The lowest BCUT2D eigenvalue weighted by Crippen LogP contribution is -2.59. The Morgan fingerprint density at radius 1 is 1.06 bits per heavy atom. The molecule has 0 saturated carbocycles. The van der Waals surface area contributed by atoms with Crippen molar-refractivity contribution in [3.05, 3.63) is 18.2 Å². The number of hydrogen-bond acceptors (Lipinski definition) is 8. The van der Waals surface area contributed by atoms with Crippen LogP contribution in [0.5, 0.6) is 0 Å². The highest BCUT2D eigenvalue weighted by Gasteiger charge is 2.31. The molecule has 3 amide bonds. The number of nitrogens with two attached hydrogens (primary N) is 1. The lowest BCUT2D eigenvalue weighted by Gasteiger charge is -2.25. The lowest BCUT2D eigenvalue weighted by atomic mass is 10.0. The van der Waals surface area contributed by atoms with E-state index in [9.17, 15) is 29.4 Å². The number of carbonyl (C=O) groups is 4. The van der Waals surface area contributed by atoms with E-state index in [-0.39, 0.29) is 24.5 Å². The molecule has 5 atom stereocenters. The number of carbonyl (C=O) groups excluding carboxylic acids is 3. The Labute approximate surface area is 191 Å². The van der Waals surface area contributed by atoms with Crippen molar-refractivity contribution in [1.29, 1.82) is 0 Å². The number of carboxylic acids is 1. The molecule has 1 aromatic heterocycles. The molecule has 1 rings (SSSR count). The van der Waals surface area contributed by atoms with E-state index in [0.717, 1.165) is 0 Å². The van der Waals surface area contributed by atoms with Crippen LogP contribution in [0.1, 0.15) is 32.9 Å². The zero-order valence-corrected chi connectivity index (χ0v) is 19.1. The van der Waals surface area contributed by atoms with Gasteiger partial charge in [-0.2, -0.15) is 12.6 Å². The number of nitrogens with zero attached hydrogens (tertiary/aromatic N) is 1. The van der Waals surface area contributed by atoms with E-state index in [2.05, 4.69) is 38.5 Å². The second kappa shape index (κ2) is 13.0. The summed E-state index contributed by atoms with van der Waals surface area (Å²) in [6, 6.07) is -4.63. The standard InChI is InChI=1S/C19H32N6O6S/c1-9(2)4-12(16(27)24-13(19(30)31)5-11-6-21-8-22-11)23-17(28)14(7-32)25-18(29)15(20)10(3)26/h6,8-10,12-15,26,32H,4-5,7,20H2,1-3H3,(H,21,22)(H,23,28)(H,24,27)(H,25,29)(H,30,31). The van der Waals surface area contributed by atoms with Crippen LogP contribution < -0.4 is 21.7 Å². The first-order chi connectivity index (χ1) is 15.0. The minimum atomic E-state index is -1.24. The molecule has 1 heterocycles. The highest BCUT2D eigenvalue weighted by Crippen LogP contribution is 2.08. The van der Waals surface area contributed by atoms with Gasteiger partial charge in [0.05, 0.1) is 12.4 Å². The fraction of sp³-hybridized carbons (Fsp3) is 0.632. The normalized spacial score (nSPS) is 15.8. The fourth-order valence-electron chi connectivity index (χ4n) is 2.74. The molecule has 0 spiro atoms. The Morgan fingerprint density at radius 3 is 2.09 bits per heavy atom. The van der Waals surface area contributed by atoms with Gasteiger partial charge in [0.25, 0.3) is 0 Å². The van der Waals surface area contributed by atoms with Gasteiger partial charge in [0.2, 0.25) is 17.7 Å². The van der Waals surface area contributed by atoms with Gasteiger partial charge in [-0.3, -0.25) is 14.4 Å². The molecule has 0 aromatic carbocycles. The van der Waals surface area contributed by atoms with Crippen molar-refractivity contribution in [3.8, 4) is 0 Å². The number of aromatic nitrogens is 2. The van der Waals surface area contributed by atoms with Crippen molar-refractivity contribution in [2.24, 2.45) is 11.7 Å². The predicted octanol–water partition coefficient (Wildman–Crippen LogP) is -1.82. The number of aliphatic carboxylic acids is 1. The molecule has 0 saturated heterocycles. The summed E-state index contributed by atoms with van der Waals surface area (Å²) in [5.41, 5.74) is 6.09. The van der Waals surface area contributed by atoms with Gasteiger partial charge in [0, 0.05) is 24.1 Å². The number of nitrogens with one attached hydrogen (secondary N) is 4. The molecule has 12 nitrogen and oxygen atoms in total. The predicted molar refractivity (Wildman–Crippen MR) is 119 cm³/mol. The number of carboxylic acid groups (broad SMARTS) is 1. The molecule has 0 aliphatic rings. The first kappa shape index (κ1) is 27.4. The summed E-state index contributed by atoms with van der Waals surface area (Å²) in [4.78, 5) is 55.8. The highest BCUT2D eigenvalue weighted by molar-refractivity contribution is 7.80. The van der Waals surface area contributed by atoms with Crippen molar-refractivity contribution in [2.45, 2.75) is 63.9 Å². The summed E-state index contributed by atoms with van der Waals surface area (Å²) >= 11 is 4.06. The van der Waals surface area contributed by atoms with Crippen LogP contribution in [-0.4, -0.2) is 79.9 Å². The molecule has 0 fully saturated rings. The summed E-state index contributed by atoms with van der Waals surface area (Å²) in [6.07, 6.45) is 1.94. The third-order valence-corrected chi connectivity index (χ3v) is 4.94. The van der Waals surface area contributed by atoms with Crippen molar-refractivity contribution < 1.29 is 29.4 Å². The molecule has 13 heteroatoms. The van der Waals surface area contributed by atoms with Gasteiger partial charge in [-0.15, -0.1) is 0 Å². The highest BCUT2D eigenvalue weighted by atomic mass is 32.1. The van der Waals surface area contributed by atoms with Gasteiger partial charge >= 0.3 is 5.97 Å². The van der Waals surface area contributed by atoms with E-state index in [0.29, 0.717) is 5.69 Å². The van der Waals surface area contributed by atoms with Crippen molar-refractivity contribution in [2.75, 3.05) is 5.75 Å². The number of rotatable bonds is 13. The van der Waals surface area contributed by atoms with Crippen molar-refractivity contribution >= 4 is 36.3 Å². The maximum atomic E-state index is 12.8. The Balaban J connectivity index is 2.88. The van der Waals surface area contributed by atoms with Gasteiger partial charge in [-0.25, -0.2) is 9.78 Å². The number of imidazole rings is 1. The molecule has 32 heavy (non-hydrogen) atoms. The van der Waals surface area contributed by atoms with Crippen molar-refractivity contribution in [3.63, 3.8) is 0 Å². The number of aromatic amines is 1. The van der Waals surface area contributed by atoms with Crippen molar-refractivity contribution in [1.82, 2.24) is 25.9 Å². The number of aliphatic hydroxyl groups is 1. The fourth-order valence-corrected chi connectivity index (χ4v) is 3.00. The van der Waals surface area contributed by atoms with Gasteiger partial charge in [0.15, 0.2) is 0 Å². The Hall–Kier alpha value is -2.64. The average molecular weight is 473 g/mol. The van der Waals surface area contributed by atoms with Gasteiger partial charge in [0.1, 0.15) is 24.2 Å². The first-order valence-corrected chi connectivity index (χ1v) is 10.7. The van der Waals surface area contributed by atoms with Crippen LogP contribution >= 0.6 is 12.6 Å². The molecular weight excluding hydrogens is 440 g/mol. The smallest absolute Gasteiger partial charge is 0.326 e. The largest absolute Gasteiger partial charge is 0.480 e. The SMILES string of the molecule is CC(C)CC(NC(=O)C(CS)NC(=O)C(N)C(C)O)C(=O)NC(Cc1cnc[nH]1)C(=O)O. The quantitative estimate of drug-likeness (QED) is 0.153. The summed E-state index contributed by atoms with van der Waals surface area (Å²) < 4.78 is 0. The molecule has 0 radical (unpaired) electrons. The molecule has 1 aromatic rings. The Bertz CT molecular complexity index is 772. The number of thiol groups is 1. The monoisotopic (exact) mass is 472 g/mol. The molecule has 180 valence electrons. The third kappa shape index (κ3) is 8.85. The topological polar surface area (TPSA) is 200 Å². The molecule has 0 bridgehead atoms. The number of hydrogen-bond donors (Lipinski definition) is 8. The zero-order chi connectivity index (χ0) is 24.4. The summed E-state index contributed by atoms with van der Waals surface area (Å²) in [7, 11) is 0. The Kier molecular flexibility index (Phi) is 11.2. The average Bonchev–Trinajstić information content (AvgIpc) is 3.22. The first-order valence-electron chi connectivity index (χ1n) is 10.1. The minimum absolute atomic E-state index is 0.00496. The molecule has 0 aliphatic carbocycles. The van der Waals surface area contributed by atoms with E-state index in [4.69, 9.17) is 5.73 Å². The van der Waals surface area contributed by atoms with Crippen LogP contribution in [-0.2, 0) is 25.6 Å². The van der Waals surface area contributed by atoms with E-state index < -0.39 is 54.0 Å². The summed E-state index contributed by atoms with van der Waals surface area (Å²) in [5.74, 6) is -3.44. The summed E-state index contributed by atoms with van der Waals surface area (Å²) in [6.45, 7) is 5.02. The maximum Gasteiger partial charge on any atom is 0.326 e. The van der Waals surface area contributed by atoms with E-state index >= 15 is 0 Å². The third-order valence-electron chi connectivity index (χ3n) is 4.57. The molecule has 5 unspecified atom stereocenters. The van der Waals surface area contributed by atoms with E-state index in [1.807, 2.05) is 13.8 Å².